The molecule has 6 nitrogen and oxygen atoms in total. The van der Waals surface area contributed by atoms with Crippen LogP contribution in [0, 0.1) is 39.9 Å². The van der Waals surface area contributed by atoms with Gasteiger partial charge in [-0.15, -0.1) is 0 Å². The van der Waals surface area contributed by atoms with Crippen molar-refractivity contribution in [2.45, 2.75) is 71.8 Å². The molecule has 0 aliphatic heterocycles. The Morgan fingerprint density at radius 3 is 2.63 bits per heavy atom. The van der Waals surface area contributed by atoms with Gasteiger partial charge < -0.3 is 14.9 Å². The lowest BCUT2D eigenvalue weighted by atomic mass is 9.47. The van der Waals surface area contributed by atoms with Gasteiger partial charge in [0.1, 0.15) is 23.5 Å². The van der Waals surface area contributed by atoms with Gasteiger partial charge in [-0.2, -0.15) is 5.26 Å². The Balaban J connectivity index is 1.54. The number of furan rings is 1. The summed E-state index contributed by atoms with van der Waals surface area (Å²) in [6, 6.07) is 5.87. The Morgan fingerprint density at radius 2 is 1.97 bits per heavy atom. The molecular formula is C29H34N2O4. The Bertz CT molecular complexity index is 1180. The summed E-state index contributed by atoms with van der Waals surface area (Å²) in [6.07, 6.45) is 12.5. The first-order valence-electron chi connectivity index (χ1n) is 12.7. The number of hydrogen-bond acceptors (Lipinski definition) is 5. The van der Waals surface area contributed by atoms with E-state index < -0.39 is 5.91 Å². The van der Waals surface area contributed by atoms with Gasteiger partial charge in [0.15, 0.2) is 0 Å². The van der Waals surface area contributed by atoms with Gasteiger partial charge in [-0.25, -0.2) is 0 Å². The van der Waals surface area contributed by atoms with Crippen molar-refractivity contribution < 1.29 is 18.7 Å². The van der Waals surface area contributed by atoms with Gasteiger partial charge in [-0.3, -0.25) is 9.59 Å². The third kappa shape index (κ3) is 3.76. The minimum atomic E-state index is -0.654. The lowest BCUT2D eigenvalue weighted by Crippen LogP contribution is -2.50. The smallest absolute Gasteiger partial charge is 0.302 e. The molecule has 0 radical (unpaired) electrons. The molecule has 1 amide bonds. The molecule has 0 bridgehead atoms. The van der Waals surface area contributed by atoms with Crippen molar-refractivity contribution in [2.75, 3.05) is 0 Å². The van der Waals surface area contributed by atoms with Crippen molar-refractivity contribution in [2.24, 2.45) is 34.3 Å². The van der Waals surface area contributed by atoms with Crippen molar-refractivity contribution in [3.05, 3.63) is 52.5 Å². The molecule has 3 fully saturated rings. The zero-order valence-corrected chi connectivity index (χ0v) is 20.8. The van der Waals surface area contributed by atoms with E-state index in [0.29, 0.717) is 17.8 Å². The number of carbonyl (C=O) groups excluding carboxylic acids is 2. The predicted octanol–water partition coefficient (Wildman–Crippen LogP) is 5.47. The fourth-order valence-corrected chi connectivity index (χ4v) is 8.03. The Hall–Kier alpha value is -3.07. The van der Waals surface area contributed by atoms with Crippen molar-refractivity contribution in [3.63, 3.8) is 0 Å². The summed E-state index contributed by atoms with van der Waals surface area (Å²) < 4.78 is 11.2. The lowest BCUT2D eigenvalue weighted by molar-refractivity contribution is -0.148. The lowest BCUT2D eigenvalue weighted by Gasteiger charge is -2.57. The van der Waals surface area contributed by atoms with Crippen LogP contribution < -0.4 is 5.73 Å². The fourth-order valence-electron chi connectivity index (χ4n) is 8.03. The first-order valence-corrected chi connectivity index (χ1v) is 12.7. The number of hydrogen-bond donors (Lipinski definition) is 1. The van der Waals surface area contributed by atoms with Crippen LogP contribution in [0.1, 0.15) is 71.5 Å². The molecule has 1 heterocycles. The highest BCUT2D eigenvalue weighted by molar-refractivity contribution is 5.98. The Labute approximate surface area is 206 Å². The number of ether oxygens (including phenoxy) is 1. The first-order chi connectivity index (χ1) is 16.7. The van der Waals surface area contributed by atoms with Crippen molar-refractivity contribution in [1.82, 2.24) is 0 Å². The molecule has 1 aromatic heterocycles. The summed E-state index contributed by atoms with van der Waals surface area (Å²) in [6.45, 7) is 6.12. The number of esters is 1. The molecule has 0 saturated heterocycles. The third-order valence-corrected chi connectivity index (χ3v) is 9.58. The van der Waals surface area contributed by atoms with E-state index in [2.05, 4.69) is 26.0 Å². The highest BCUT2D eigenvalue weighted by Crippen LogP contribution is 2.67. The van der Waals surface area contributed by atoms with Gasteiger partial charge in [0.2, 0.25) is 0 Å². The second-order valence-corrected chi connectivity index (χ2v) is 11.3. The van der Waals surface area contributed by atoms with Crippen LogP contribution in [-0.4, -0.2) is 18.0 Å². The van der Waals surface area contributed by atoms with Crippen molar-refractivity contribution in [1.29, 1.82) is 5.26 Å². The van der Waals surface area contributed by atoms with Crippen LogP contribution in [0.3, 0.4) is 0 Å². The van der Waals surface area contributed by atoms with E-state index in [0.717, 1.165) is 61.9 Å². The molecule has 6 heteroatoms. The quantitative estimate of drug-likeness (QED) is 0.270. The van der Waals surface area contributed by atoms with E-state index in [-0.39, 0.29) is 28.5 Å². The predicted molar refractivity (Wildman–Crippen MR) is 131 cm³/mol. The molecular weight excluding hydrogens is 440 g/mol. The molecule has 184 valence electrons. The van der Waals surface area contributed by atoms with E-state index in [1.165, 1.54) is 12.5 Å². The number of nitriles is 1. The monoisotopic (exact) mass is 474 g/mol. The van der Waals surface area contributed by atoms with Crippen molar-refractivity contribution >= 4 is 18.0 Å². The highest BCUT2D eigenvalue weighted by Gasteiger charge is 2.59. The topological polar surface area (TPSA) is 106 Å². The van der Waals surface area contributed by atoms with Crippen LogP contribution in [0.2, 0.25) is 0 Å². The summed E-state index contributed by atoms with van der Waals surface area (Å²) in [5.74, 6) is 1.17. The molecule has 2 N–H and O–H groups in total. The molecule has 0 spiro atoms. The molecule has 4 aliphatic rings. The van der Waals surface area contributed by atoms with Crippen LogP contribution >= 0.6 is 0 Å². The Kier molecular flexibility index (Phi) is 5.78. The fraction of sp³-hybridized carbons (Fsp3) is 0.552. The maximum atomic E-state index is 12.4. The molecule has 3 saturated carbocycles. The molecule has 35 heavy (non-hydrogen) atoms. The summed E-state index contributed by atoms with van der Waals surface area (Å²) >= 11 is 0. The standard InChI is InChI=1S/C29H34N2O4/c1-17(32)35-21-8-10-28(2)19(15-21)6-7-22-24(28)9-11-29(3)25(22)14-18(13-20-5-4-12-34-20)26(29)23(16-30)27(31)33/h4-6,12-13,21-22,24-25H,7-11,14-15H2,1-3H3,(H2,31,33)/b18-13+,26-23+/t21-,22+,24-,25-,28-,29-/m0/s1. The number of fused-ring (bicyclic) bond motifs is 5. The first kappa shape index (κ1) is 23.7. The van der Waals surface area contributed by atoms with Gasteiger partial charge in [0.25, 0.3) is 5.91 Å². The molecule has 0 aromatic carbocycles. The molecule has 1 aromatic rings. The third-order valence-electron chi connectivity index (χ3n) is 9.58. The average Bonchev–Trinajstić information content (AvgIpc) is 3.41. The van der Waals surface area contributed by atoms with Crippen LogP contribution in [0.4, 0.5) is 0 Å². The molecule has 6 atom stereocenters. The number of nitrogens with zero attached hydrogens (tertiary/aromatic N) is 1. The summed E-state index contributed by atoms with van der Waals surface area (Å²) in [7, 11) is 0. The molecule has 5 rings (SSSR count). The summed E-state index contributed by atoms with van der Waals surface area (Å²) in [5.41, 5.74) is 8.89. The maximum Gasteiger partial charge on any atom is 0.302 e. The van der Waals surface area contributed by atoms with E-state index >= 15 is 0 Å². The highest BCUT2D eigenvalue weighted by atomic mass is 16.5. The van der Waals surface area contributed by atoms with Crippen LogP contribution in [-0.2, 0) is 14.3 Å². The number of nitrogens with two attached hydrogens (primary N) is 1. The van der Waals surface area contributed by atoms with E-state index in [1.807, 2.05) is 18.2 Å². The van der Waals surface area contributed by atoms with E-state index in [4.69, 9.17) is 14.9 Å². The number of amides is 1. The number of allylic oxidation sites excluding steroid dienone is 3. The van der Waals surface area contributed by atoms with E-state index in [9.17, 15) is 14.9 Å². The SMILES string of the molecule is CC(=O)O[C@H]1CC[C@@]2(C)C(=CC[C@@H]3[C@@H]2CC[C@]2(C)C(=C(\C#N)C(N)=O)/C(=C/c4ccco4)C[C@@H]32)C1. The van der Waals surface area contributed by atoms with Crippen LogP contribution in [0.5, 0.6) is 0 Å². The summed E-state index contributed by atoms with van der Waals surface area (Å²) in [4.78, 5) is 23.9. The van der Waals surface area contributed by atoms with Crippen LogP contribution in [0.25, 0.3) is 6.08 Å². The van der Waals surface area contributed by atoms with E-state index in [1.54, 1.807) is 6.26 Å². The number of rotatable bonds is 3. The maximum absolute atomic E-state index is 12.4. The normalized spacial score (nSPS) is 38.5. The van der Waals surface area contributed by atoms with Gasteiger partial charge in [-0.05, 0) is 96.5 Å². The average molecular weight is 475 g/mol. The van der Waals surface area contributed by atoms with Gasteiger partial charge in [-0.1, -0.05) is 25.5 Å². The number of primary amides is 1. The second-order valence-electron chi connectivity index (χ2n) is 11.3. The van der Waals surface area contributed by atoms with Gasteiger partial charge in [0, 0.05) is 13.3 Å². The zero-order valence-electron chi connectivity index (χ0n) is 20.8. The van der Waals surface area contributed by atoms with Crippen LogP contribution in [0.15, 0.2) is 51.2 Å². The van der Waals surface area contributed by atoms with Gasteiger partial charge in [0.05, 0.1) is 6.26 Å². The molecule has 4 aliphatic carbocycles. The second kappa shape index (κ2) is 8.55. The minimum Gasteiger partial charge on any atom is -0.465 e. The van der Waals surface area contributed by atoms with Crippen molar-refractivity contribution in [3.8, 4) is 6.07 Å². The largest absolute Gasteiger partial charge is 0.465 e. The summed E-state index contributed by atoms with van der Waals surface area (Å²) in [5, 5.41) is 9.92. The van der Waals surface area contributed by atoms with Gasteiger partial charge >= 0.3 is 5.97 Å². The molecule has 0 unspecified atom stereocenters. The Morgan fingerprint density at radius 1 is 1.20 bits per heavy atom. The number of carbonyl (C=O) groups is 2. The minimum absolute atomic E-state index is 0.0187. The zero-order chi connectivity index (χ0) is 25.0.